The van der Waals surface area contributed by atoms with Crippen molar-refractivity contribution < 1.29 is 4.79 Å². The molecule has 0 saturated heterocycles. The Balaban J connectivity index is 1.87. The number of benzene rings is 1. The van der Waals surface area contributed by atoms with Crippen LogP contribution in [0.2, 0.25) is 5.02 Å². The standard InChI is InChI=1S/C18H25ClN4O/c1-22(2)13-16(15-5-7-17(19)8-6-15)11-20-18(24)9-4-14-10-21-23(3)12-14/h5-8,10,12,16H,4,9,11,13H2,1-3H3,(H,20,24)/t16-/m0/s1. The van der Waals surface area contributed by atoms with Gasteiger partial charge < -0.3 is 10.2 Å². The van der Waals surface area contributed by atoms with E-state index in [4.69, 9.17) is 11.6 Å². The van der Waals surface area contributed by atoms with E-state index in [1.807, 2.05) is 51.6 Å². The summed E-state index contributed by atoms with van der Waals surface area (Å²) in [6, 6.07) is 7.84. The average molecular weight is 349 g/mol. The van der Waals surface area contributed by atoms with Gasteiger partial charge in [0.2, 0.25) is 5.91 Å². The minimum Gasteiger partial charge on any atom is -0.355 e. The molecule has 0 radical (unpaired) electrons. The Hall–Kier alpha value is -1.85. The van der Waals surface area contributed by atoms with Crippen molar-refractivity contribution in [2.24, 2.45) is 7.05 Å². The van der Waals surface area contributed by atoms with Gasteiger partial charge in [-0.2, -0.15) is 5.10 Å². The summed E-state index contributed by atoms with van der Waals surface area (Å²) in [6.45, 7) is 1.48. The van der Waals surface area contributed by atoms with Crippen molar-refractivity contribution in [3.63, 3.8) is 0 Å². The molecule has 1 aromatic heterocycles. The lowest BCUT2D eigenvalue weighted by Gasteiger charge is -2.22. The van der Waals surface area contributed by atoms with E-state index in [1.165, 1.54) is 5.56 Å². The van der Waals surface area contributed by atoms with E-state index in [0.717, 1.165) is 17.1 Å². The maximum atomic E-state index is 12.1. The number of hydrogen-bond donors (Lipinski definition) is 1. The van der Waals surface area contributed by atoms with Gasteiger partial charge in [-0.05, 0) is 43.8 Å². The summed E-state index contributed by atoms with van der Waals surface area (Å²) in [5.41, 5.74) is 2.26. The summed E-state index contributed by atoms with van der Waals surface area (Å²) in [5.74, 6) is 0.302. The first-order valence-corrected chi connectivity index (χ1v) is 8.46. The Bertz CT molecular complexity index is 651. The molecule has 1 heterocycles. The van der Waals surface area contributed by atoms with Gasteiger partial charge in [0.25, 0.3) is 0 Å². The zero-order valence-corrected chi connectivity index (χ0v) is 15.3. The van der Waals surface area contributed by atoms with Crippen LogP contribution in [0.1, 0.15) is 23.5 Å². The van der Waals surface area contributed by atoms with Crippen LogP contribution in [-0.2, 0) is 18.3 Å². The van der Waals surface area contributed by atoms with E-state index in [1.54, 1.807) is 10.9 Å². The van der Waals surface area contributed by atoms with Gasteiger partial charge in [-0.3, -0.25) is 9.48 Å². The molecule has 0 fully saturated rings. The molecule has 24 heavy (non-hydrogen) atoms. The number of hydrogen-bond acceptors (Lipinski definition) is 3. The number of halogens is 1. The van der Waals surface area contributed by atoms with Gasteiger partial charge in [0.05, 0.1) is 6.20 Å². The van der Waals surface area contributed by atoms with Gasteiger partial charge in [-0.15, -0.1) is 0 Å². The van der Waals surface area contributed by atoms with Crippen LogP contribution in [0.3, 0.4) is 0 Å². The summed E-state index contributed by atoms with van der Waals surface area (Å²) in [4.78, 5) is 14.3. The minimum atomic E-state index is 0.0663. The number of nitrogens with zero attached hydrogens (tertiary/aromatic N) is 3. The van der Waals surface area contributed by atoms with E-state index >= 15 is 0 Å². The molecule has 2 aromatic rings. The highest BCUT2D eigenvalue weighted by molar-refractivity contribution is 6.30. The molecule has 0 saturated carbocycles. The van der Waals surface area contributed by atoms with Crippen molar-refractivity contribution in [2.45, 2.75) is 18.8 Å². The van der Waals surface area contributed by atoms with Crippen molar-refractivity contribution in [3.8, 4) is 0 Å². The predicted octanol–water partition coefficient (Wildman–Crippen LogP) is 2.47. The van der Waals surface area contributed by atoms with Gasteiger partial charge >= 0.3 is 0 Å². The van der Waals surface area contributed by atoms with Crippen molar-refractivity contribution in [1.29, 1.82) is 0 Å². The molecule has 0 unspecified atom stereocenters. The van der Waals surface area contributed by atoms with Crippen LogP contribution in [-0.4, -0.2) is 47.8 Å². The fraction of sp³-hybridized carbons (Fsp3) is 0.444. The molecule has 0 aliphatic rings. The molecule has 1 aromatic carbocycles. The zero-order valence-electron chi connectivity index (χ0n) is 14.5. The number of carbonyl (C=O) groups excluding carboxylic acids is 1. The number of carbonyl (C=O) groups is 1. The lowest BCUT2D eigenvalue weighted by atomic mass is 9.98. The predicted molar refractivity (Wildman–Crippen MR) is 97.3 cm³/mol. The topological polar surface area (TPSA) is 50.2 Å². The molecule has 0 spiro atoms. The summed E-state index contributed by atoms with van der Waals surface area (Å²) in [6.07, 6.45) is 4.92. The summed E-state index contributed by atoms with van der Waals surface area (Å²) in [5, 5.41) is 7.89. The molecule has 6 heteroatoms. The maximum Gasteiger partial charge on any atom is 0.220 e. The number of nitrogens with one attached hydrogen (secondary N) is 1. The van der Waals surface area contributed by atoms with Gasteiger partial charge in [-0.1, -0.05) is 23.7 Å². The third-order valence-corrected chi connectivity index (χ3v) is 4.12. The highest BCUT2D eigenvalue weighted by atomic mass is 35.5. The molecule has 1 atom stereocenters. The minimum absolute atomic E-state index is 0.0663. The van der Waals surface area contributed by atoms with Crippen molar-refractivity contribution in [1.82, 2.24) is 20.0 Å². The highest BCUT2D eigenvalue weighted by Crippen LogP contribution is 2.19. The van der Waals surface area contributed by atoms with Gasteiger partial charge in [0.1, 0.15) is 0 Å². The van der Waals surface area contributed by atoms with Gasteiger partial charge in [0.15, 0.2) is 0 Å². The van der Waals surface area contributed by atoms with Gasteiger partial charge in [-0.25, -0.2) is 0 Å². The number of aromatic nitrogens is 2. The first-order valence-electron chi connectivity index (χ1n) is 8.08. The third-order valence-electron chi connectivity index (χ3n) is 3.87. The van der Waals surface area contributed by atoms with Crippen molar-refractivity contribution in [3.05, 3.63) is 52.8 Å². The third kappa shape index (κ3) is 5.98. The van der Waals surface area contributed by atoms with Crippen molar-refractivity contribution in [2.75, 3.05) is 27.2 Å². The van der Waals surface area contributed by atoms with Crippen LogP contribution >= 0.6 is 11.6 Å². The summed E-state index contributed by atoms with van der Waals surface area (Å²) in [7, 11) is 5.95. The Morgan fingerprint density at radius 2 is 2.04 bits per heavy atom. The fourth-order valence-electron chi connectivity index (χ4n) is 2.65. The van der Waals surface area contributed by atoms with Crippen LogP contribution in [0.5, 0.6) is 0 Å². The molecule has 130 valence electrons. The lowest BCUT2D eigenvalue weighted by molar-refractivity contribution is -0.121. The molecule has 1 N–H and O–H groups in total. The first-order chi connectivity index (χ1) is 11.4. The van der Waals surface area contributed by atoms with Gasteiger partial charge in [0, 0.05) is 43.7 Å². The van der Waals surface area contributed by atoms with E-state index < -0.39 is 0 Å². The first kappa shape index (κ1) is 18.5. The van der Waals surface area contributed by atoms with E-state index in [9.17, 15) is 4.79 Å². The molecule has 2 rings (SSSR count). The zero-order chi connectivity index (χ0) is 17.5. The second-order valence-corrected chi connectivity index (χ2v) is 6.77. The SMILES string of the molecule is CN(C)C[C@H](CNC(=O)CCc1cnn(C)c1)c1ccc(Cl)cc1. The fourth-order valence-corrected chi connectivity index (χ4v) is 2.77. The van der Waals surface area contributed by atoms with Crippen LogP contribution in [0, 0.1) is 0 Å². The largest absolute Gasteiger partial charge is 0.355 e. The summed E-state index contributed by atoms with van der Waals surface area (Å²) < 4.78 is 1.75. The number of likely N-dealkylation sites (N-methyl/N-ethyl adjacent to an activating group) is 1. The summed E-state index contributed by atoms with van der Waals surface area (Å²) >= 11 is 5.96. The van der Waals surface area contributed by atoms with Crippen LogP contribution < -0.4 is 5.32 Å². The van der Waals surface area contributed by atoms with Crippen LogP contribution in [0.25, 0.3) is 0 Å². The molecule has 0 bridgehead atoms. The number of amides is 1. The Kier molecular flexibility index (Phi) is 6.82. The van der Waals surface area contributed by atoms with E-state index in [2.05, 4.69) is 15.3 Å². The Labute approximate surface area is 148 Å². The lowest BCUT2D eigenvalue weighted by Crippen LogP contribution is -2.33. The Morgan fingerprint density at radius 1 is 1.33 bits per heavy atom. The van der Waals surface area contributed by atoms with E-state index in [0.29, 0.717) is 19.4 Å². The Morgan fingerprint density at radius 3 is 2.62 bits per heavy atom. The average Bonchev–Trinajstić information content (AvgIpc) is 2.95. The number of aryl methyl sites for hydroxylation is 2. The smallest absolute Gasteiger partial charge is 0.220 e. The van der Waals surface area contributed by atoms with Crippen LogP contribution in [0.15, 0.2) is 36.7 Å². The number of rotatable bonds is 8. The maximum absolute atomic E-state index is 12.1. The molecule has 5 nitrogen and oxygen atoms in total. The quantitative estimate of drug-likeness (QED) is 0.797. The second-order valence-electron chi connectivity index (χ2n) is 6.34. The normalized spacial score (nSPS) is 12.4. The monoisotopic (exact) mass is 348 g/mol. The molecular weight excluding hydrogens is 324 g/mol. The van der Waals surface area contributed by atoms with E-state index in [-0.39, 0.29) is 11.8 Å². The molecule has 1 amide bonds. The van der Waals surface area contributed by atoms with Crippen molar-refractivity contribution >= 4 is 17.5 Å². The second kappa shape index (κ2) is 8.85. The molecule has 0 aliphatic heterocycles. The highest BCUT2D eigenvalue weighted by Gasteiger charge is 2.14. The van der Waals surface area contributed by atoms with Crippen LogP contribution in [0.4, 0.5) is 0 Å². The molecule has 0 aliphatic carbocycles. The molecular formula is C18H25ClN4O.